The van der Waals surface area contributed by atoms with Gasteiger partial charge >= 0.3 is 0 Å². The average molecular weight is 246 g/mol. The molecule has 0 aliphatic carbocycles. The third-order valence-corrected chi connectivity index (χ3v) is 3.00. The van der Waals surface area contributed by atoms with Crippen molar-refractivity contribution >= 4 is 0 Å². The van der Waals surface area contributed by atoms with Crippen molar-refractivity contribution < 1.29 is 9.26 Å². The fraction of sp³-hybridized carbons (Fsp3) is 0.357. The number of benzene rings is 1. The largest absolute Gasteiger partial charge is 0.496 e. The van der Waals surface area contributed by atoms with Crippen molar-refractivity contribution in [1.82, 2.24) is 5.16 Å². The third kappa shape index (κ3) is 2.24. The van der Waals surface area contributed by atoms with Gasteiger partial charge in [-0.05, 0) is 23.6 Å². The molecule has 0 radical (unpaired) electrons. The highest BCUT2D eigenvalue weighted by Gasteiger charge is 2.15. The number of ether oxygens (including phenoxy) is 1. The predicted octanol–water partition coefficient (Wildman–Crippen LogP) is 2.93. The predicted molar refractivity (Wildman–Crippen MR) is 70.5 cm³/mol. The summed E-state index contributed by atoms with van der Waals surface area (Å²) >= 11 is 0. The van der Waals surface area contributed by atoms with Gasteiger partial charge in [0.05, 0.1) is 18.9 Å². The van der Waals surface area contributed by atoms with Crippen LogP contribution >= 0.6 is 0 Å². The van der Waals surface area contributed by atoms with Gasteiger partial charge in [0.2, 0.25) is 0 Å². The average Bonchev–Trinajstić information content (AvgIpc) is 2.85. The van der Waals surface area contributed by atoms with Crippen LogP contribution in [-0.2, 0) is 6.54 Å². The molecule has 0 spiro atoms. The van der Waals surface area contributed by atoms with Crippen LogP contribution in [-0.4, -0.2) is 12.3 Å². The minimum atomic E-state index is 0.397. The Labute approximate surface area is 107 Å². The van der Waals surface area contributed by atoms with Gasteiger partial charge in [0.15, 0.2) is 5.76 Å². The Balaban J connectivity index is 2.57. The zero-order chi connectivity index (χ0) is 13.1. The van der Waals surface area contributed by atoms with Gasteiger partial charge < -0.3 is 15.0 Å². The van der Waals surface area contributed by atoms with Gasteiger partial charge in [-0.15, -0.1) is 0 Å². The normalized spacial score (nSPS) is 10.9. The van der Waals surface area contributed by atoms with Gasteiger partial charge in [-0.25, -0.2) is 0 Å². The molecule has 0 aliphatic heterocycles. The number of aromatic nitrogens is 1. The highest BCUT2D eigenvalue weighted by molar-refractivity contribution is 5.69. The molecule has 1 aromatic carbocycles. The second-order valence-electron chi connectivity index (χ2n) is 4.50. The first-order valence-electron chi connectivity index (χ1n) is 5.99. The van der Waals surface area contributed by atoms with E-state index in [-0.39, 0.29) is 0 Å². The third-order valence-electron chi connectivity index (χ3n) is 3.00. The summed E-state index contributed by atoms with van der Waals surface area (Å²) in [5, 5.41) is 3.81. The molecule has 4 heteroatoms. The molecule has 2 N–H and O–H groups in total. The first-order chi connectivity index (χ1) is 8.67. The molecule has 2 rings (SSSR count). The molecule has 0 unspecified atom stereocenters. The van der Waals surface area contributed by atoms with Crippen molar-refractivity contribution in [1.29, 1.82) is 0 Å². The number of hydrogen-bond donors (Lipinski definition) is 1. The van der Waals surface area contributed by atoms with Crippen LogP contribution in [0.5, 0.6) is 5.75 Å². The Hall–Kier alpha value is -1.81. The Kier molecular flexibility index (Phi) is 3.67. The van der Waals surface area contributed by atoms with E-state index in [2.05, 4.69) is 31.1 Å². The molecule has 0 fully saturated rings. The van der Waals surface area contributed by atoms with Gasteiger partial charge in [0, 0.05) is 12.1 Å². The summed E-state index contributed by atoms with van der Waals surface area (Å²) < 4.78 is 10.7. The molecule has 1 heterocycles. The van der Waals surface area contributed by atoms with Crippen LogP contribution in [0.3, 0.4) is 0 Å². The topological polar surface area (TPSA) is 61.3 Å². The van der Waals surface area contributed by atoms with Crippen molar-refractivity contribution in [3.8, 4) is 17.1 Å². The lowest BCUT2D eigenvalue weighted by molar-refractivity contribution is 0.405. The molecule has 96 valence electrons. The molecule has 4 nitrogen and oxygen atoms in total. The molecular weight excluding hydrogens is 228 g/mol. The fourth-order valence-corrected chi connectivity index (χ4v) is 1.89. The summed E-state index contributed by atoms with van der Waals surface area (Å²) in [4.78, 5) is 0. The molecule has 0 bridgehead atoms. The monoisotopic (exact) mass is 246 g/mol. The molecule has 1 aromatic heterocycles. The number of hydrogen-bond acceptors (Lipinski definition) is 4. The van der Waals surface area contributed by atoms with E-state index in [1.807, 2.05) is 6.07 Å². The summed E-state index contributed by atoms with van der Waals surface area (Å²) in [6.07, 6.45) is 1.65. The first-order valence-corrected chi connectivity index (χ1v) is 5.99. The Morgan fingerprint density at radius 2 is 2.17 bits per heavy atom. The van der Waals surface area contributed by atoms with E-state index in [4.69, 9.17) is 15.0 Å². The zero-order valence-corrected chi connectivity index (χ0v) is 10.9. The molecule has 0 atom stereocenters. The fourth-order valence-electron chi connectivity index (χ4n) is 1.89. The molecule has 18 heavy (non-hydrogen) atoms. The maximum Gasteiger partial charge on any atom is 0.175 e. The Bertz CT molecular complexity index is 532. The van der Waals surface area contributed by atoms with Crippen molar-refractivity contribution in [2.24, 2.45) is 5.73 Å². The summed E-state index contributed by atoms with van der Waals surface area (Å²) in [6.45, 7) is 4.69. The zero-order valence-electron chi connectivity index (χ0n) is 10.9. The lowest BCUT2D eigenvalue weighted by Gasteiger charge is -2.11. The summed E-state index contributed by atoms with van der Waals surface area (Å²) in [6, 6.07) is 6.09. The van der Waals surface area contributed by atoms with Crippen molar-refractivity contribution in [2.45, 2.75) is 26.3 Å². The summed E-state index contributed by atoms with van der Waals surface area (Å²) in [5.41, 5.74) is 8.70. The Morgan fingerprint density at radius 1 is 1.39 bits per heavy atom. The molecule has 0 saturated carbocycles. The van der Waals surface area contributed by atoms with Gasteiger partial charge in [-0.2, -0.15) is 0 Å². The second kappa shape index (κ2) is 5.23. The summed E-state index contributed by atoms with van der Waals surface area (Å²) in [7, 11) is 1.65. The Morgan fingerprint density at radius 3 is 2.78 bits per heavy atom. The molecule has 0 saturated heterocycles. The molecule has 2 aromatic rings. The van der Waals surface area contributed by atoms with Crippen LogP contribution < -0.4 is 10.5 Å². The minimum Gasteiger partial charge on any atom is -0.496 e. The van der Waals surface area contributed by atoms with E-state index in [9.17, 15) is 0 Å². The van der Waals surface area contributed by atoms with Crippen LogP contribution in [0, 0.1) is 0 Å². The van der Waals surface area contributed by atoms with E-state index < -0.39 is 0 Å². The highest BCUT2D eigenvalue weighted by Crippen LogP contribution is 2.34. The quantitative estimate of drug-likeness (QED) is 0.901. The number of nitrogens with zero attached hydrogens (tertiary/aromatic N) is 1. The molecule has 0 amide bonds. The van der Waals surface area contributed by atoms with E-state index in [0.717, 1.165) is 16.9 Å². The van der Waals surface area contributed by atoms with Gasteiger partial charge in [-0.1, -0.05) is 25.1 Å². The SMILES string of the molecule is COc1ccc(C(C)C)cc1-c1oncc1CN. The van der Waals surface area contributed by atoms with E-state index in [1.165, 1.54) is 5.56 Å². The smallest absolute Gasteiger partial charge is 0.175 e. The number of nitrogens with two attached hydrogens (primary N) is 1. The number of methoxy groups -OCH3 is 1. The first kappa shape index (κ1) is 12.6. The van der Waals surface area contributed by atoms with Crippen LogP contribution in [0.15, 0.2) is 28.9 Å². The van der Waals surface area contributed by atoms with Gasteiger partial charge in [0.1, 0.15) is 5.75 Å². The minimum absolute atomic E-state index is 0.397. The van der Waals surface area contributed by atoms with Gasteiger partial charge in [-0.3, -0.25) is 0 Å². The van der Waals surface area contributed by atoms with E-state index >= 15 is 0 Å². The summed E-state index contributed by atoms with van der Waals surface area (Å²) in [5.74, 6) is 1.90. The lowest BCUT2D eigenvalue weighted by atomic mass is 9.98. The highest BCUT2D eigenvalue weighted by atomic mass is 16.5. The standard InChI is InChI=1S/C14H18N2O2/c1-9(2)10-4-5-13(17-3)12(6-10)14-11(7-15)8-16-18-14/h4-6,8-9H,7,15H2,1-3H3. The lowest BCUT2D eigenvalue weighted by Crippen LogP contribution is -1.98. The van der Waals surface area contributed by atoms with Crippen LogP contribution in [0.1, 0.15) is 30.9 Å². The van der Waals surface area contributed by atoms with E-state index in [1.54, 1.807) is 13.3 Å². The molecular formula is C14H18N2O2. The van der Waals surface area contributed by atoms with E-state index in [0.29, 0.717) is 18.2 Å². The van der Waals surface area contributed by atoms with Crippen LogP contribution in [0.4, 0.5) is 0 Å². The second-order valence-corrected chi connectivity index (χ2v) is 4.50. The van der Waals surface area contributed by atoms with Crippen molar-refractivity contribution in [2.75, 3.05) is 7.11 Å². The van der Waals surface area contributed by atoms with Gasteiger partial charge in [0.25, 0.3) is 0 Å². The maximum atomic E-state index is 5.68. The van der Waals surface area contributed by atoms with Crippen LogP contribution in [0.25, 0.3) is 11.3 Å². The van der Waals surface area contributed by atoms with Crippen LogP contribution in [0.2, 0.25) is 0 Å². The number of rotatable bonds is 4. The molecule has 0 aliphatic rings. The van der Waals surface area contributed by atoms with Crippen molar-refractivity contribution in [3.63, 3.8) is 0 Å². The maximum absolute atomic E-state index is 5.68. The van der Waals surface area contributed by atoms with Crippen molar-refractivity contribution in [3.05, 3.63) is 35.5 Å².